The molecular formula is C27H28N2O2S. The number of benzene rings is 2. The molecule has 1 unspecified atom stereocenters. The normalized spacial score (nSPS) is 15.5. The molecule has 2 aromatic carbocycles. The average molecular weight is 445 g/mol. The second-order valence-electron chi connectivity index (χ2n) is 7.95. The van der Waals surface area contributed by atoms with E-state index >= 15 is 0 Å². The highest BCUT2D eigenvalue weighted by molar-refractivity contribution is 7.10. The number of carbonyl (C=O) groups is 2. The van der Waals surface area contributed by atoms with Crippen molar-refractivity contribution in [3.05, 3.63) is 99.8 Å². The van der Waals surface area contributed by atoms with Gasteiger partial charge in [-0.25, -0.2) is 0 Å². The van der Waals surface area contributed by atoms with Crippen LogP contribution in [0, 0.1) is 0 Å². The number of hydrogen-bond donors (Lipinski definition) is 0. The predicted octanol–water partition coefficient (Wildman–Crippen LogP) is 5.17. The molecule has 4 rings (SSSR count). The minimum atomic E-state index is -0.131. The Labute approximate surface area is 193 Å². The first-order valence-electron chi connectivity index (χ1n) is 11.1. The van der Waals surface area contributed by atoms with Crippen LogP contribution in [-0.4, -0.2) is 41.2 Å². The molecule has 0 bridgehead atoms. The van der Waals surface area contributed by atoms with Gasteiger partial charge in [0.15, 0.2) is 0 Å². The SMILES string of the molecule is CCCN(CC(=O)N1CCc2sccc2C1c1ccccc1)C(=O)C=Cc1ccccc1. The average Bonchev–Trinajstić information content (AvgIpc) is 3.31. The highest BCUT2D eigenvalue weighted by Crippen LogP contribution is 2.37. The first-order chi connectivity index (χ1) is 15.7. The van der Waals surface area contributed by atoms with E-state index in [1.807, 2.05) is 60.4 Å². The summed E-state index contributed by atoms with van der Waals surface area (Å²) < 4.78 is 0. The molecule has 32 heavy (non-hydrogen) atoms. The fraction of sp³-hybridized carbons (Fsp3) is 0.259. The van der Waals surface area contributed by atoms with Crippen LogP contribution in [0.15, 0.2) is 78.2 Å². The molecule has 164 valence electrons. The number of nitrogens with zero attached hydrogens (tertiary/aromatic N) is 2. The standard InChI is InChI=1S/C27H28N2O2S/c1-2-17-28(25(30)14-13-21-9-5-3-6-10-21)20-26(31)29-18-15-24-23(16-19-32-24)27(29)22-11-7-4-8-12-22/h3-14,16,19,27H,2,15,17-18,20H2,1H3. The number of hydrogen-bond acceptors (Lipinski definition) is 3. The largest absolute Gasteiger partial charge is 0.330 e. The number of thiophene rings is 1. The fourth-order valence-corrected chi connectivity index (χ4v) is 5.11. The maximum absolute atomic E-state index is 13.5. The minimum absolute atomic E-state index is 0.00869. The Hall–Kier alpha value is -3.18. The van der Waals surface area contributed by atoms with E-state index in [0.717, 1.165) is 24.0 Å². The Morgan fingerprint density at radius 1 is 1.06 bits per heavy atom. The Morgan fingerprint density at radius 2 is 1.78 bits per heavy atom. The highest BCUT2D eigenvalue weighted by atomic mass is 32.1. The quantitative estimate of drug-likeness (QED) is 0.472. The predicted molar refractivity (Wildman–Crippen MR) is 130 cm³/mol. The van der Waals surface area contributed by atoms with Crippen molar-refractivity contribution in [2.24, 2.45) is 0 Å². The number of rotatable bonds is 7. The molecule has 2 heterocycles. The van der Waals surface area contributed by atoms with Gasteiger partial charge < -0.3 is 9.80 Å². The number of fused-ring (bicyclic) bond motifs is 1. The lowest BCUT2D eigenvalue weighted by Gasteiger charge is -2.37. The van der Waals surface area contributed by atoms with Crippen molar-refractivity contribution in [2.75, 3.05) is 19.6 Å². The van der Waals surface area contributed by atoms with E-state index in [1.54, 1.807) is 28.4 Å². The Bertz CT molecular complexity index is 1080. The molecule has 3 aromatic rings. The third-order valence-corrected chi connectivity index (χ3v) is 6.75. The first kappa shape index (κ1) is 22.0. The van der Waals surface area contributed by atoms with Gasteiger partial charge in [0.25, 0.3) is 0 Å². The summed E-state index contributed by atoms with van der Waals surface area (Å²) in [5.74, 6) is -0.140. The van der Waals surface area contributed by atoms with Crippen LogP contribution in [0.3, 0.4) is 0 Å². The smallest absolute Gasteiger partial charge is 0.247 e. The molecule has 0 N–H and O–H groups in total. The maximum Gasteiger partial charge on any atom is 0.247 e. The molecule has 0 saturated carbocycles. The number of amides is 2. The van der Waals surface area contributed by atoms with Crippen molar-refractivity contribution in [1.82, 2.24) is 9.80 Å². The molecule has 0 radical (unpaired) electrons. The van der Waals surface area contributed by atoms with Crippen LogP contribution >= 0.6 is 11.3 Å². The van der Waals surface area contributed by atoms with Crippen LogP contribution in [0.2, 0.25) is 0 Å². The topological polar surface area (TPSA) is 40.6 Å². The van der Waals surface area contributed by atoms with Crippen LogP contribution in [0.4, 0.5) is 0 Å². The zero-order valence-electron chi connectivity index (χ0n) is 18.3. The van der Waals surface area contributed by atoms with Crippen molar-refractivity contribution in [3.63, 3.8) is 0 Å². The minimum Gasteiger partial charge on any atom is -0.330 e. The Kier molecular flexibility index (Phi) is 7.17. The van der Waals surface area contributed by atoms with Crippen LogP contribution < -0.4 is 0 Å². The third-order valence-electron chi connectivity index (χ3n) is 5.75. The van der Waals surface area contributed by atoms with Gasteiger partial charge in [-0.05, 0) is 47.1 Å². The summed E-state index contributed by atoms with van der Waals surface area (Å²) in [5.41, 5.74) is 3.28. The molecule has 2 amide bonds. The van der Waals surface area contributed by atoms with Crippen LogP contribution in [0.5, 0.6) is 0 Å². The lowest BCUT2D eigenvalue weighted by atomic mass is 9.93. The third kappa shape index (κ3) is 5.00. The summed E-state index contributed by atoms with van der Waals surface area (Å²) >= 11 is 1.76. The lowest BCUT2D eigenvalue weighted by molar-refractivity contribution is -0.139. The molecule has 0 saturated heterocycles. The number of carbonyl (C=O) groups excluding carboxylic acids is 2. The Balaban J connectivity index is 1.53. The summed E-state index contributed by atoms with van der Waals surface area (Å²) in [6.07, 6.45) is 5.04. The molecule has 1 aliphatic heterocycles. The maximum atomic E-state index is 13.5. The van der Waals surface area contributed by atoms with Gasteiger partial charge in [-0.1, -0.05) is 67.6 Å². The molecule has 0 fully saturated rings. The summed E-state index contributed by atoms with van der Waals surface area (Å²) in [5, 5.41) is 2.11. The van der Waals surface area contributed by atoms with Gasteiger partial charge in [-0.15, -0.1) is 11.3 Å². The van der Waals surface area contributed by atoms with Gasteiger partial charge in [-0.3, -0.25) is 9.59 Å². The second kappa shape index (κ2) is 10.4. The van der Waals surface area contributed by atoms with Crippen molar-refractivity contribution >= 4 is 29.2 Å². The second-order valence-corrected chi connectivity index (χ2v) is 8.95. The molecule has 5 heteroatoms. The molecule has 1 aromatic heterocycles. The van der Waals surface area contributed by atoms with Gasteiger partial charge in [0, 0.05) is 24.0 Å². The van der Waals surface area contributed by atoms with Gasteiger partial charge in [0.05, 0.1) is 6.04 Å². The zero-order valence-corrected chi connectivity index (χ0v) is 19.1. The van der Waals surface area contributed by atoms with Crippen molar-refractivity contribution in [1.29, 1.82) is 0 Å². The highest BCUT2D eigenvalue weighted by Gasteiger charge is 2.33. The molecule has 0 spiro atoms. The van der Waals surface area contributed by atoms with Crippen LogP contribution in [-0.2, 0) is 16.0 Å². The van der Waals surface area contributed by atoms with E-state index in [1.165, 1.54) is 10.4 Å². The Morgan fingerprint density at radius 3 is 2.50 bits per heavy atom. The van der Waals surface area contributed by atoms with E-state index in [4.69, 9.17) is 0 Å². The van der Waals surface area contributed by atoms with Gasteiger partial charge in [0.1, 0.15) is 6.54 Å². The summed E-state index contributed by atoms with van der Waals surface area (Å²) in [6, 6.07) is 21.9. The van der Waals surface area contributed by atoms with E-state index in [2.05, 4.69) is 23.6 Å². The zero-order chi connectivity index (χ0) is 22.3. The molecular weight excluding hydrogens is 416 g/mol. The molecule has 1 aliphatic rings. The van der Waals surface area contributed by atoms with Gasteiger partial charge >= 0.3 is 0 Å². The first-order valence-corrected chi connectivity index (χ1v) is 12.0. The van der Waals surface area contributed by atoms with E-state index < -0.39 is 0 Å². The van der Waals surface area contributed by atoms with Crippen LogP contribution in [0.25, 0.3) is 6.08 Å². The van der Waals surface area contributed by atoms with Crippen molar-refractivity contribution in [3.8, 4) is 0 Å². The fourth-order valence-electron chi connectivity index (χ4n) is 4.21. The van der Waals surface area contributed by atoms with Crippen LogP contribution in [0.1, 0.15) is 41.0 Å². The lowest BCUT2D eigenvalue weighted by Crippen LogP contribution is -2.46. The van der Waals surface area contributed by atoms with E-state index in [0.29, 0.717) is 13.1 Å². The monoisotopic (exact) mass is 444 g/mol. The van der Waals surface area contributed by atoms with Gasteiger partial charge in [-0.2, -0.15) is 0 Å². The van der Waals surface area contributed by atoms with Gasteiger partial charge in [0.2, 0.25) is 11.8 Å². The summed E-state index contributed by atoms with van der Waals surface area (Å²) in [7, 11) is 0. The summed E-state index contributed by atoms with van der Waals surface area (Å²) in [4.78, 5) is 31.3. The molecule has 1 atom stereocenters. The van der Waals surface area contributed by atoms with E-state index in [-0.39, 0.29) is 24.4 Å². The van der Waals surface area contributed by atoms with E-state index in [9.17, 15) is 9.59 Å². The van der Waals surface area contributed by atoms with Crippen molar-refractivity contribution < 1.29 is 9.59 Å². The molecule has 4 nitrogen and oxygen atoms in total. The van der Waals surface area contributed by atoms with Crippen molar-refractivity contribution in [2.45, 2.75) is 25.8 Å². The summed E-state index contributed by atoms with van der Waals surface area (Å²) in [6.45, 7) is 3.34. The molecule has 0 aliphatic carbocycles.